The Labute approximate surface area is 80.7 Å². The molecule has 0 spiro atoms. The molecule has 1 unspecified atom stereocenters. The molecule has 0 amide bonds. The van der Waals surface area contributed by atoms with Gasteiger partial charge in [-0.05, 0) is 6.92 Å². The number of carbonyl (C=O) groups excluding carboxylic acids is 1. The molecular weight excluding hydrogens is 164 g/mol. The van der Waals surface area contributed by atoms with Crippen LogP contribution in [0.2, 0.25) is 0 Å². The SMILES string of the molecule is C#CC(C)(CC(=O)C(C)(C)C)OC. The number of terminal acetylenes is 1. The van der Waals surface area contributed by atoms with E-state index in [1.54, 1.807) is 6.92 Å². The smallest absolute Gasteiger partial charge is 0.142 e. The Bertz CT molecular complexity index is 229. The third-order valence-corrected chi connectivity index (χ3v) is 2.09. The molecule has 0 saturated heterocycles. The Kier molecular flexibility index (Phi) is 3.69. The van der Waals surface area contributed by atoms with E-state index in [1.165, 1.54) is 7.11 Å². The summed E-state index contributed by atoms with van der Waals surface area (Å²) in [5.41, 5.74) is -1.11. The zero-order chi connectivity index (χ0) is 10.7. The van der Waals surface area contributed by atoms with Crippen LogP contribution in [0.3, 0.4) is 0 Å². The number of rotatable bonds is 3. The lowest BCUT2D eigenvalue weighted by Crippen LogP contribution is -2.33. The standard InChI is InChI=1S/C11H18O2/c1-7-11(5,13-6)8-9(12)10(2,3)4/h1H,8H2,2-6H3. The maximum atomic E-state index is 11.6. The number of carbonyl (C=O) groups is 1. The summed E-state index contributed by atoms with van der Waals surface area (Å²) < 4.78 is 5.10. The van der Waals surface area contributed by atoms with Gasteiger partial charge in [0.05, 0.1) is 0 Å². The van der Waals surface area contributed by atoms with Gasteiger partial charge in [0.15, 0.2) is 0 Å². The summed E-state index contributed by atoms with van der Waals surface area (Å²) in [6, 6.07) is 0. The van der Waals surface area contributed by atoms with Crippen molar-refractivity contribution in [2.75, 3.05) is 7.11 Å². The molecule has 74 valence electrons. The first-order valence-corrected chi connectivity index (χ1v) is 4.31. The lowest BCUT2D eigenvalue weighted by Gasteiger charge is -2.25. The van der Waals surface area contributed by atoms with Gasteiger partial charge in [0.1, 0.15) is 11.4 Å². The quantitative estimate of drug-likeness (QED) is 0.624. The molecule has 0 aliphatic carbocycles. The minimum Gasteiger partial charge on any atom is -0.365 e. The third-order valence-electron chi connectivity index (χ3n) is 2.09. The van der Waals surface area contributed by atoms with Gasteiger partial charge in [0.2, 0.25) is 0 Å². The first kappa shape index (κ1) is 12.2. The monoisotopic (exact) mass is 182 g/mol. The highest BCUT2D eigenvalue weighted by Gasteiger charge is 2.30. The van der Waals surface area contributed by atoms with Crippen LogP contribution in [-0.4, -0.2) is 18.5 Å². The summed E-state index contributed by atoms with van der Waals surface area (Å²) >= 11 is 0. The summed E-state index contributed by atoms with van der Waals surface area (Å²) in [5, 5.41) is 0. The van der Waals surface area contributed by atoms with Crippen LogP contribution in [0.5, 0.6) is 0 Å². The van der Waals surface area contributed by atoms with Crippen LogP contribution in [0.1, 0.15) is 34.1 Å². The second-order valence-electron chi connectivity index (χ2n) is 4.43. The molecule has 0 aliphatic rings. The summed E-state index contributed by atoms with van der Waals surface area (Å²) in [6.07, 6.45) is 5.55. The van der Waals surface area contributed by atoms with Crippen molar-refractivity contribution >= 4 is 5.78 Å². The van der Waals surface area contributed by atoms with Crippen LogP contribution in [0, 0.1) is 17.8 Å². The Morgan fingerprint density at radius 2 is 1.85 bits per heavy atom. The maximum absolute atomic E-state index is 11.6. The number of methoxy groups -OCH3 is 1. The Morgan fingerprint density at radius 3 is 2.08 bits per heavy atom. The van der Waals surface area contributed by atoms with Gasteiger partial charge >= 0.3 is 0 Å². The first-order valence-electron chi connectivity index (χ1n) is 4.31. The summed E-state index contributed by atoms with van der Waals surface area (Å²) in [7, 11) is 1.52. The van der Waals surface area contributed by atoms with E-state index in [0.717, 1.165) is 0 Å². The van der Waals surface area contributed by atoms with E-state index >= 15 is 0 Å². The normalized spacial score (nSPS) is 16.0. The number of hydrogen-bond acceptors (Lipinski definition) is 2. The van der Waals surface area contributed by atoms with Crippen molar-refractivity contribution in [1.82, 2.24) is 0 Å². The predicted octanol–water partition coefficient (Wildman–Crippen LogP) is 2.03. The zero-order valence-electron chi connectivity index (χ0n) is 9.10. The topological polar surface area (TPSA) is 26.3 Å². The van der Waals surface area contributed by atoms with Crippen LogP contribution >= 0.6 is 0 Å². The third kappa shape index (κ3) is 3.61. The first-order chi connectivity index (χ1) is 5.75. The van der Waals surface area contributed by atoms with Gasteiger partial charge in [-0.2, -0.15) is 0 Å². The van der Waals surface area contributed by atoms with Crippen molar-refractivity contribution in [3.8, 4) is 12.3 Å². The van der Waals surface area contributed by atoms with Crippen molar-refractivity contribution in [3.05, 3.63) is 0 Å². The molecule has 0 rings (SSSR count). The van der Waals surface area contributed by atoms with Crippen molar-refractivity contribution < 1.29 is 9.53 Å². The summed E-state index contributed by atoms with van der Waals surface area (Å²) in [6.45, 7) is 7.38. The molecule has 0 heterocycles. The second-order valence-corrected chi connectivity index (χ2v) is 4.43. The number of ether oxygens (including phenoxy) is 1. The predicted molar refractivity (Wildman–Crippen MR) is 53.3 cm³/mol. The van der Waals surface area contributed by atoms with E-state index in [0.29, 0.717) is 0 Å². The molecule has 0 aromatic heterocycles. The molecule has 0 bridgehead atoms. The minimum atomic E-state index is -0.760. The zero-order valence-corrected chi connectivity index (χ0v) is 9.10. The van der Waals surface area contributed by atoms with Crippen molar-refractivity contribution in [2.45, 2.75) is 39.7 Å². The number of hydrogen-bond donors (Lipinski definition) is 0. The molecule has 0 N–H and O–H groups in total. The summed E-state index contributed by atoms with van der Waals surface area (Å²) in [5.74, 6) is 2.61. The molecule has 0 aromatic carbocycles. The molecule has 1 atom stereocenters. The van der Waals surface area contributed by atoms with Crippen LogP contribution in [0.25, 0.3) is 0 Å². The van der Waals surface area contributed by atoms with Gasteiger partial charge in [-0.15, -0.1) is 6.42 Å². The lowest BCUT2D eigenvalue weighted by molar-refractivity contribution is -0.130. The largest absolute Gasteiger partial charge is 0.365 e. The van der Waals surface area contributed by atoms with E-state index in [9.17, 15) is 4.79 Å². The average molecular weight is 182 g/mol. The molecule has 13 heavy (non-hydrogen) atoms. The highest BCUT2D eigenvalue weighted by molar-refractivity contribution is 5.84. The molecule has 0 fully saturated rings. The van der Waals surface area contributed by atoms with Gasteiger partial charge in [-0.25, -0.2) is 0 Å². The molecule has 0 radical (unpaired) electrons. The summed E-state index contributed by atoms with van der Waals surface area (Å²) in [4.78, 5) is 11.6. The van der Waals surface area contributed by atoms with E-state index in [-0.39, 0.29) is 17.6 Å². The highest BCUT2D eigenvalue weighted by atomic mass is 16.5. The van der Waals surface area contributed by atoms with Gasteiger partial charge in [0.25, 0.3) is 0 Å². The van der Waals surface area contributed by atoms with E-state index < -0.39 is 5.60 Å². The van der Waals surface area contributed by atoms with Crippen LogP contribution < -0.4 is 0 Å². The highest BCUT2D eigenvalue weighted by Crippen LogP contribution is 2.23. The fourth-order valence-electron chi connectivity index (χ4n) is 0.754. The van der Waals surface area contributed by atoms with Gasteiger partial charge in [0, 0.05) is 18.9 Å². The van der Waals surface area contributed by atoms with Crippen LogP contribution in [-0.2, 0) is 9.53 Å². The Hall–Kier alpha value is -0.810. The van der Waals surface area contributed by atoms with Crippen LogP contribution in [0.4, 0.5) is 0 Å². The molecular formula is C11H18O2. The average Bonchev–Trinajstić information content (AvgIpc) is 2.02. The van der Waals surface area contributed by atoms with Crippen molar-refractivity contribution in [2.24, 2.45) is 5.41 Å². The fraction of sp³-hybridized carbons (Fsp3) is 0.727. The van der Waals surface area contributed by atoms with Crippen molar-refractivity contribution in [1.29, 1.82) is 0 Å². The Balaban J connectivity index is 4.47. The number of Topliss-reactive ketones (excluding diaryl/α,β-unsaturated/α-hetero) is 1. The fourth-order valence-corrected chi connectivity index (χ4v) is 0.754. The molecule has 2 heteroatoms. The minimum absolute atomic E-state index is 0.120. The lowest BCUT2D eigenvalue weighted by atomic mass is 9.84. The van der Waals surface area contributed by atoms with E-state index in [2.05, 4.69) is 5.92 Å². The van der Waals surface area contributed by atoms with E-state index in [1.807, 2.05) is 20.8 Å². The second kappa shape index (κ2) is 3.93. The molecule has 0 saturated carbocycles. The van der Waals surface area contributed by atoms with Gasteiger partial charge < -0.3 is 4.74 Å². The van der Waals surface area contributed by atoms with Gasteiger partial charge in [-0.3, -0.25) is 4.79 Å². The molecule has 0 aromatic rings. The number of ketones is 1. The van der Waals surface area contributed by atoms with Gasteiger partial charge in [-0.1, -0.05) is 26.7 Å². The van der Waals surface area contributed by atoms with Crippen LogP contribution in [0.15, 0.2) is 0 Å². The maximum Gasteiger partial charge on any atom is 0.142 e. The van der Waals surface area contributed by atoms with Crippen molar-refractivity contribution in [3.63, 3.8) is 0 Å². The molecule has 2 nitrogen and oxygen atoms in total. The Morgan fingerprint density at radius 1 is 1.38 bits per heavy atom. The molecule has 0 aliphatic heterocycles. The van der Waals surface area contributed by atoms with E-state index in [4.69, 9.17) is 11.2 Å².